The highest BCUT2D eigenvalue weighted by Crippen LogP contribution is 2.31. The van der Waals surface area contributed by atoms with Crippen molar-refractivity contribution >= 4 is 13.3 Å². The molecule has 0 N–H and O–H groups in total. The van der Waals surface area contributed by atoms with Crippen molar-refractivity contribution in [3.05, 3.63) is 77.9 Å². The maximum atomic E-state index is 14.8. The van der Waals surface area contributed by atoms with Crippen LogP contribution in [0.3, 0.4) is 0 Å². The van der Waals surface area contributed by atoms with Crippen LogP contribution in [0.2, 0.25) is 19.6 Å². The number of hydrogen-bond acceptors (Lipinski definition) is 0. The van der Waals surface area contributed by atoms with Crippen LogP contribution in [0.1, 0.15) is 18.9 Å². The van der Waals surface area contributed by atoms with Crippen molar-refractivity contribution in [2.45, 2.75) is 39.4 Å². The van der Waals surface area contributed by atoms with Crippen LogP contribution in [0.5, 0.6) is 0 Å². The Hall–Kier alpha value is -2.26. The van der Waals surface area contributed by atoms with E-state index >= 15 is 0 Å². The van der Waals surface area contributed by atoms with Gasteiger partial charge in [-0.15, -0.1) is 0 Å². The van der Waals surface area contributed by atoms with Crippen LogP contribution >= 0.6 is 0 Å². The highest BCUT2D eigenvalue weighted by Gasteiger charge is 2.18. The smallest absolute Gasteiger partial charge is 0.167 e. The van der Waals surface area contributed by atoms with Crippen LogP contribution in [0, 0.1) is 11.6 Å². The minimum absolute atomic E-state index is 0.304. The first-order valence-electron chi connectivity index (χ1n) is 9.49. The van der Waals surface area contributed by atoms with Crippen molar-refractivity contribution in [3.8, 4) is 22.3 Å². The fraction of sp³-hybridized carbons (Fsp3) is 0.250. The number of rotatable bonds is 5. The fourth-order valence-electron chi connectivity index (χ4n) is 3.28. The molecule has 0 nitrogen and oxygen atoms in total. The largest absolute Gasteiger partial charge is 0.203 e. The molecule has 3 rings (SSSR count). The van der Waals surface area contributed by atoms with Gasteiger partial charge in [-0.05, 0) is 23.1 Å². The van der Waals surface area contributed by atoms with E-state index in [2.05, 4.69) is 26.6 Å². The normalized spacial score (nSPS) is 11.6. The molecule has 0 aliphatic rings. The molecule has 0 bridgehead atoms. The first kappa shape index (κ1) is 19.5. The number of benzene rings is 3. The molecule has 0 saturated carbocycles. The van der Waals surface area contributed by atoms with Gasteiger partial charge in [0, 0.05) is 11.1 Å². The van der Waals surface area contributed by atoms with E-state index in [0.29, 0.717) is 22.3 Å². The summed E-state index contributed by atoms with van der Waals surface area (Å²) in [6.07, 6.45) is 2.05. The Morgan fingerprint density at radius 1 is 0.667 bits per heavy atom. The minimum atomic E-state index is -1.41. The molecular formula is C24H26F2Si. The molecule has 0 atom stereocenters. The van der Waals surface area contributed by atoms with E-state index in [1.165, 1.54) is 10.8 Å². The summed E-state index contributed by atoms with van der Waals surface area (Å²) in [5.41, 5.74) is 3.23. The van der Waals surface area contributed by atoms with E-state index < -0.39 is 19.7 Å². The molecule has 0 aliphatic carbocycles. The zero-order valence-corrected chi connectivity index (χ0v) is 17.4. The molecule has 0 aliphatic heterocycles. The summed E-state index contributed by atoms with van der Waals surface area (Å²) in [6.45, 7) is 8.92. The lowest BCUT2D eigenvalue weighted by molar-refractivity contribution is 0.514. The van der Waals surface area contributed by atoms with Gasteiger partial charge in [0.2, 0.25) is 0 Å². The van der Waals surface area contributed by atoms with Crippen molar-refractivity contribution in [2.75, 3.05) is 0 Å². The second-order valence-corrected chi connectivity index (χ2v) is 13.1. The third kappa shape index (κ3) is 4.19. The van der Waals surface area contributed by atoms with Gasteiger partial charge in [-0.25, -0.2) is 8.78 Å². The van der Waals surface area contributed by atoms with Gasteiger partial charge in [0.25, 0.3) is 0 Å². The Morgan fingerprint density at radius 3 is 1.52 bits per heavy atom. The quantitative estimate of drug-likeness (QED) is 0.427. The summed E-state index contributed by atoms with van der Waals surface area (Å²) in [7, 11) is -1.41. The predicted octanol–water partition coefficient (Wildman–Crippen LogP) is 6.80. The first-order chi connectivity index (χ1) is 12.8. The lowest BCUT2D eigenvalue weighted by Gasteiger charge is -2.17. The third-order valence-electron chi connectivity index (χ3n) is 4.95. The topological polar surface area (TPSA) is 0 Å². The second-order valence-electron chi connectivity index (χ2n) is 8.06. The number of halogens is 2. The van der Waals surface area contributed by atoms with Gasteiger partial charge in [-0.1, -0.05) is 98.8 Å². The molecule has 0 radical (unpaired) electrons. The first-order valence-corrected chi connectivity index (χ1v) is 13.0. The zero-order chi connectivity index (χ0) is 19.6. The predicted molar refractivity (Wildman–Crippen MR) is 114 cm³/mol. The lowest BCUT2D eigenvalue weighted by atomic mass is 9.97. The SMILES string of the molecule is CCCc1ccc(-c2ccc(-c3ccc([Si](C)(C)C)cc3)c(F)c2F)cc1. The maximum absolute atomic E-state index is 14.8. The summed E-state index contributed by atoms with van der Waals surface area (Å²) in [6, 6.07) is 18.9. The molecule has 0 saturated heterocycles. The maximum Gasteiger partial charge on any atom is 0.167 e. The van der Waals surface area contributed by atoms with E-state index in [9.17, 15) is 8.78 Å². The summed E-state index contributed by atoms with van der Waals surface area (Å²) in [4.78, 5) is 0. The van der Waals surface area contributed by atoms with Gasteiger partial charge in [0.15, 0.2) is 11.6 Å². The van der Waals surface area contributed by atoms with Gasteiger partial charge in [-0.2, -0.15) is 0 Å². The third-order valence-corrected chi connectivity index (χ3v) is 7.01. The molecule has 0 unspecified atom stereocenters. The van der Waals surface area contributed by atoms with Gasteiger partial charge in [0.1, 0.15) is 0 Å². The summed E-state index contributed by atoms with van der Waals surface area (Å²) >= 11 is 0. The molecule has 0 fully saturated rings. The van der Waals surface area contributed by atoms with Gasteiger partial charge < -0.3 is 0 Å². The van der Waals surface area contributed by atoms with Crippen molar-refractivity contribution < 1.29 is 8.78 Å². The molecule has 3 aromatic rings. The van der Waals surface area contributed by atoms with Crippen LogP contribution in [-0.4, -0.2) is 8.07 Å². The van der Waals surface area contributed by atoms with Crippen LogP contribution in [0.15, 0.2) is 60.7 Å². The molecule has 3 aromatic carbocycles. The van der Waals surface area contributed by atoms with Crippen molar-refractivity contribution in [1.82, 2.24) is 0 Å². The lowest BCUT2D eigenvalue weighted by Crippen LogP contribution is -2.37. The molecule has 27 heavy (non-hydrogen) atoms. The Kier molecular flexibility index (Phi) is 5.61. The van der Waals surface area contributed by atoms with Crippen LogP contribution in [0.25, 0.3) is 22.3 Å². The molecular weight excluding hydrogens is 354 g/mol. The monoisotopic (exact) mass is 380 g/mol. The number of aryl methyl sites for hydroxylation is 1. The van der Waals surface area contributed by atoms with Gasteiger partial charge >= 0.3 is 0 Å². The van der Waals surface area contributed by atoms with E-state index in [1.54, 1.807) is 12.1 Å². The average molecular weight is 381 g/mol. The second kappa shape index (κ2) is 7.77. The molecule has 0 spiro atoms. The minimum Gasteiger partial charge on any atom is -0.203 e. The fourth-order valence-corrected chi connectivity index (χ4v) is 4.45. The molecule has 0 amide bonds. The standard InChI is InChI=1S/C24H26F2Si/c1-5-6-17-7-9-18(10-8-17)21-15-16-22(24(26)23(21)25)19-11-13-20(14-12-19)27(2,3)4/h7-16H,5-6H2,1-4H3. The van der Waals surface area contributed by atoms with Crippen molar-refractivity contribution in [3.63, 3.8) is 0 Å². The Bertz CT molecular complexity index is 920. The Balaban J connectivity index is 1.95. The molecule has 0 heterocycles. The zero-order valence-electron chi connectivity index (χ0n) is 16.4. The van der Waals surface area contributed by atoms with Crippen molar-refractivity contribution in [2.24, 2.45) is 0 Å². The Labute approximate surface area is 161 Å². The summed E-state index contributed by atoms with van der Waals surface area (Å²) in [5.74, 6) is -1.57. The average Bonchev–Trinajstić information content (AvgIpc) is 2.64. The molecule has 3 heteroatoms. The van der Waals surface area contributed by atoms with Crippen molar-refractivity contribution in [1.29, 1.82) is 0 Å². The highest BCUT2D eigenvalue weighted by molar-refractivity contribution is 6.88. The summed E-state index contributed by atoms with van der Waals surface area (Å²) in [5, 5.41) is 1.30. The molecule has 0 aromatic heterocycles. The Morgan fingerprint density at radius 2 is 1.11 bits per heavy atom. The van der Waals surface area contributed by atoms with Crippen LogP contribution in [-0.2, 0) is 6.42 Å². The van der Waals surface area contributed by atoms with Gasteiger partial charge in [-0.3, -0.25) is 0 Å². The van der Waals surface area contributed by atoms with E-state index in [4.69, 9.17) is 0 Å². The van der Waals surface area contributed by atoms with E-state index in [-0.39, 0.29) is 0 Å². The van der Waals surface area contributed by atoms with E-state index in [0.717, 1.165) is 12.8 Å². The van der Waals surface area contributed by atoms with Crippen LogP contribution < -0.4 is 5.19 Å². The van der Waals surface area contributed by atoms with Gasteiger partial charge in [0.05, 0.1) is 8.07 Å². The van der Waals surface area contributed by atoms with E-state index in [1.807, 2.05) is 48.5 Å². The van der Waals surface area contributed by atoms with Crippen LogP contribution in [0.4, 0.5) is 8.78 Å². The molecule has 140 valence electrons. The summed E-state index contributed by atoms with van der Waals surface area (Å²) < 4.78 is 29.6. The number of hydrogen-bond donors (Lipinski definition) is 0. The highest BCUT2D eigenvalue weighted by atomic mass is 28.3.